The molecule has 0 aliphatic rings. The standard InChI is InChI=1S/C11H13N5O2/c1-8-9(6-14-15(8)2)5-13-10-3-4-12-7-11(10)16(17)18/h3-4,6-7H,5H2,1-2H3,(H,12,13). The minimum absolute atomic E-state index is 0.0287. The maximum atomic E-state index is 10.8. The molecule has 7 nitrogen and oxygen atoms in total. The predicted molar refractivity (Wildman–Crippen MR) is 66.2 cm³/mol. The summed E-state index contributed by atoms with van der Waals surface area (Å²) in [5.41, 5.74) is 2.46. The Bertz CT molecular complexity index is 579. The van der Waals surface area contributed by atoms with E-state index in [0.717, 1.165) is 11.3 Å². The van der Waals surface area contributed by atoms with Crippen LogP contribution in [0.1, 0.15) is 11.3 Å². The molecule has 2 aromatic rings. The molecule has 7 heteroatoms. The maximum absolute atomic E-state index is 10.8. The van der Waals surface area contributed by atoms with E-state index in [1.165, 1.54) is 12.4 Å². The molecule has 0 fully saturated rings. The minimum Gasteiger partial charge on any atom is -0.375 e. The van der Waals surface area contributed by atoms with E-state index in [-0.39, 0.29) is 5.69 Å². The summed E-state index contributed by atoms with van der Waals surface area (Å²) in [4.78, 5) is 14.1. The van der Waals surface area contributed by atoms with Crippen LogP contribution in [-0.2, 0) is 13.6 Å². The molecule has 0 aromatic carbocycles. The van der Waals surface area contributed by atoms with Gasteiger partial charge in [0, 0.05) is 31.0 Å². The summed E-state index contributed by atoms with van der Waals surface area (Å²) in [6.07, 6.45) is 4.50. The highest BCUT2D eigenvalue weighted by Gasteiger charge is 2.13. The molecule has 0 radical (unpaired) electrons. The van der Waals surface area contributed by atoms with Crippen LogP contribution in [0, 0.1) is 17.0 Å². The lowest BCUT2D eigenvalue weighted by Crippen LogP contribution is -2.04. The summed E-state index contributed by atoms with van der Waals surface area (Å²) in [6.45, 7) is 2.44. The first kappa shape index (κ1) is 12.0. The monoisotopic (exact) mass is 247 g/mol. The average molecular weight is 247 g/mol. The molecule has 0 atom stereocenters. The Balaban J connectivity index is 2.16. The SMILES string of the molecule is Cc1c(CNc2ccncc2[N+](=O)[O-])cnn1C. The number of hydrogen-bond acceptors (Lipinski definition) is 5. The van der Waals surface area contributed by atoms with Crippen molar-refractivity contribution in [2.45, 2.75) is 13.5 Å². The number of hydrogen-bond donors (Lipinski definition) is 1. The number of nitrogens with zero attached hydrogens (tertiary/aromatic N) is 4. The number of aryl methyl sites for hydroxylation is 1. The molecule has 0 aliphatic heterocycles. The van der Waals surface area contributed by atoms with Crippen LogP contribution in [0.15, 0.2) is 24.7 Å². The van der Waals surface area contributed by atoms with Crippen LogP contribution in [0.3, 0.4) is 0 Å². The van der Waals surface area contributed by atoms with E-state index in [4.69, 9.17) is 0 Å². The van der Waals surface area contributed by atoms with Crippen molar-refractivity contribution in [1.82, 2.24) is 14.8 Å². The van der Waals surface area contributed by atoms with Crippen molar-refractivity contribution < 1.29 is 4.92 Å². The summed E-state index contributed by atoms with van der Waals surface area (Å²) in [7, 11) is 1.85. The van der Waals surface area contributed by atoms with E-state index in [9.17, 15) is 10.1 Å². The molecule has 0 unspecified atom stereocenters. The fourth-order valence-corrected chi connectivity index (χ4v) is 1.59. The van der Waals surface area contributed by atoms with Gasteiger partial charge in [0.05, 0.1) is 11.1 Å². The molecule has 0 bridgehead atoms. The van der Waals surface area contributed by atoms with Crippen LogP contribution in [0.25, 0.3) is 0 Å². The van der Waals surface area contributed by atoms with Gasteiger partial charge in [-0.15, -0.1) is 0 Å². The molecule has 0 spiro atoms. The Morgan fingerprint density at radius 3 is 2.89 bits per heavy atom. The first-order valence-corrected chi connectivity index (χ1v) is 5.39. The first-order valence-electron chi connectivity index (χ1n) is 5.39. The van der Waals surface area contributed by atoms with Crippen molar-refractivity contribution in [2.75, 3.05) is 5.32 Å². The lowest BCUT2D eigenvalue weighted by atomic mass is 10.2. The number of pyridine rings is 1. The number of nitrogens with one attached hydrogen (secondary N) is 1. The van der Waals surface area contributed by atoms with Crippen molar-refractivity contribution in [2.24, 2.45) is 7.05 Å². The first-order chi connectivity index (χ1) is 8.59. The van der Waals surface area contributed by atoms with Crippen LogP contribution >= 0.6 is 0 Å². The summed E-state index contributed by atoms with van der Waals surface area (Å²) in [5.74, 6) is 0. The van der Waals surface area contributed by atoms with E-state index >= 15 is 0 Å². The van der Waals surface area contributed by atoms with Gasteiger partial charge in [-0.1, -0.05) is 0 Å². The Morgan fingerprint density at radius 2 is 2.28 bits per heavy atom. The smallest absolute Gasteiger partial charge is 0.310 e. The van der Waals surface area contributed by atoms with Gasteiger partial charge in [0.25, 0.3) is 0 Å². The van der Waals surface area contributed by atoms with Crippen LogP contribution in [-0.4, -0.2) is 19.7 Å². The average Bonchev–Trinajstić information content (AvgIpc) is 2.68. The predicted octanol–water partition coefficient (Wildman–Crippen LogP) is 1.64. The van der Waals surface area contributed by atoms with Crippen LogP contribution < -0.4 is 5.32 Å². The van der Waals surface area contributed by atoms with Gasteiger partial charge in [-0.25, -0.2) is 0 Å². The minimum atomic E-state index is -0.453. The van der Waals surface area contributed by atoms with Gasteiger partial charge < -0.3 is 5.32 Å². The number of rotatable bonds is 4. The van der Waals surface area contributed by atoms with Crippen LogP contribution in [0.2, 0.25) is 0 Å². The number of nitro groups is 1. The zero-order chi connectivity index (χ0) is 13.1. The van der Waals surface area contributed by atoms with E-state index in [1.54, 1.807) is 16.9 Å². The van der Waals surface area contributed by atoms with Crippen molar-refractivity contribution in [3.8, 4) is 0 Å². The van der Waals surface area contributed by atoms with E-state index in [0.29, 0.717) is 12.2 Å². The molecular weight excluding hydrogens is 234 g/mol. The zero-order valence-electron chi connectivity index (χ0n) is 10.1. The number of anilines is 1. The molecule has 2 rings (SSSR count). The Kier molecular flexibility index (Phi) is 3.22. The van der Waals surface area contributed by atoms with Crippen molar-refractivity contribution >= 4 is 11.4 Å². The fourth-order valence-electron chi connectivity index (χ4n) is 1.59. The van der Waals surface area contributed by atoms with Crippen molar-refractivity contribution in [1.29, 1.82) is 0 Å². The second kappa shape index (κ2) is 4.82. The molecule has 2 heterocycles. The summed E-state index contributed by atoms with van der Waals surface area (Å²) in [6, 6.07) is 1.59. The maximum Gasteiger partial charge on any atom is 0.310 e. The molecule has 0 saturated carbocycles. The summed E-state index contributed by atoms with van der Waals surface area (Å²) >= 11 is 0. The highest BCUT2D eigenvalue weighted by molar-refractivity contribution is 5.59. The third kappa shape index (κ3) is 2.29. The van der Waals surface area contributed by atoms with Crippen molar-refractivity contribution in [3.05, 3.63) is 46.0 Å². The highest BCUT2D eigenvalue weighted by atomic mass is 16.6. The van der Waals surface area contributed by atoms with E-state index in [1.807, 2.05) is 14.0 Å². The van der Waals surface area contributed by atoms with Crippen molar-refractivity contribution in [3.63, 3.8) is 0 Å². The third-order valence-electron chi connectivity index (χ3n) is 2.80. The molecule has 1 N–H and O–H groups in total. The summed E-state index contributed by atoms with van der Waals surface area (Å²) < 4.78 is 1.76. The summed E-state index contributed by atoms with van der Waals surface area (Å²) in [5, 5.41) is 18.0. The van der Waals surface area contributed by atoms with Crippen LogP contribution in [0.4, 0.5) is 11.4 Å². The van der Waals surface area contributed by atoms with Gasteiger partial charge in [0.2, 0.25) is 0 Å². The Hall–Kier alpha value is -2.44. The lowest BCUT2D eigenvalue weighted by Gasteiger charge is -2.06. The van der Waals surface area contributed by atoms with Gasteiger partial charge in [0.1, 0.15) is 11.9 Å². The molecule has 94 valence electrons. The zero-order valence-corrected chi connectivity index (χ0v) is 10.1. The molecule has 2 aromatic heterocycles. The topological polar surface area (TPSA) is 85.9 Å². The molecule has 0 amide bonds. The Labute approximate surface area is 104 Å². The second-order valence-corrected chi connectivity index (χ2v) is 3.88. The van der Waals surface area contributed by atoms with Gasteiger partial charge in [-0.3, -0.25) is 19.8 Å². The number of aromatic nitrogens is 3. The molecule has 18 heavy (non-hydrogen) atoms. The normalized spacial score (nSPS) is 10.3. The van der Waals surface area contributed by atoms with E-state index < -0.39 is 4.92 Å². The molecule has 0 saturated heterocycles. The molecular formula is C11H13N5O2. The molecule has 0 aliphatic carbocycles. The van der Waals surface area contributed by atoms with Crippen LogP contribution in [0.5, 0.6) is 0 Å². The highest BCUT2D eigenvalue weighted by Crippen LogP contribution is 2.22. The largest absolute Gasteiger partial charge is 0.375 e. The second-order valence-electron chi connectivity index (χ2n) is 3.88. The lowest BCUT2D eigenvalue weighted by molar-refractivity contribution is -0.384. The van der Waals surface area contributed by atoms with E-state index in [2.05, 4.69) is 15.4 Å². The van der Waals surface area contributed by atoms with Gasteiger partial charge in [-0.2, -0.15) is 5.10 Å². The fraction of sp³-hybridized carbons (Fsp3) is 0.273. The van der Waals surface area contributed by atoms with Gasteiger partial charge >= 0.3 is 5.69 Å². The van der Waals surface area contributed by atoms with Gasteiger partial charge in [0.15, 0.2) is 0 Å². The third-order valence-corrected chi connectivity index (χ3v) is 2.80. The Morgan fingerprint density at radius 1 is 1.50 bits per heavy atom. The van der Waals surface area contributed by atoms with Gasteiger partial charge in [-0.05, 0) is 13.0 Å². The quantitative estimate of drug-likeness (QED) is 0.655.